The summed E-state index contributed by atoms with van der Waals surface area (Å²) in [6.07, 6.45) is 0.907. The van der Waals surface area contributed by atoms with Crippen LogP contribution in [0.1, 0.15) is 43.6 Å². The van der Waals surface area contributed by atoms with E-state index >= 15 is 0 Å². The van der Waals surface area contributed by atoms with E-state index in [4.69, 9.17) is 11.6 Å². The maximum absolute atomic E-state index is 11.3. The lowest BCUT2D eigenvalue weighted by molar-refractivity contribution is 0.0600. The SMILES string of the molecule is CC.COC(=O)c1cc(Cl)cc(CC(C)C)c1. The van der Waals surface area contributed by atoms with Gasteiger partial charge in [0.1, 0.15) is 0 Å². The van der Waals surface area contributed by atoms with Crippen LogP contribution in [0.15, 0.2) is 18.2 Å². The van der Waals surface area contributed by atoms with Gasteiger partial charge in [-0.3, -0.25) is 0 Å². The zero-order valence-corrected chi connectivity index (χ0v) is 12.0. The zero-order valence-electron chi connectivity index (χ0n) is 11.2. The highest BCUT2D eigenvalue weighted by atomic mass is 35.5. The second kappa shape index (κ2) is 8.13. The third-order valence-corrected chi connectivity index (χ3v) is 2.24. The molecule has 0 aliphatic heterocycles. The van der Waals surface area contributed by atoms with Crippen LogP contribution in [0.5, 0.6) is 0 Å². The molecule has 0 heterocycles. The van der Waals surface area contributed by atoms with E-state index in [1.165, 1.54) is 7.11 Å². The third-order valence-electron chi connectivity index (χ3n) is 2.02. The zero-order chi connectivity index (χ0) is 13.4. The molecule has 0 aromatic heterocycles. The van der Waals surface area contributed by atoms with Crippen LogP contribution in [0.2, 0.25) is 5.02 Å². The highest BCUT2D eigenvalue weighted by Crippen LogP contribution is 2.18. The van der Waals surface area contributed by atoms with Gasteiger partial charge in [-0.2, -0.15) is 0 Å². The molecule has 17 heavy (non-hydrogen) atoms. The molecule has 0 unspecified atom stereocenters. The van der Waals surface area contributed by atoms with Crippen LogP contribution in [-0.2, 0) is 11.2 Å². The summed E-state index contributed by atoms with van der Waals surface area (Å²) in [5, 5.41) is 0.577. The average molecular weight is 257 g/mol. The molecule has 0 aliphatic carbocycles. The Hall–Kier alpha value is -1.02. The Labute approximate surface area is 109 Å². The molecule has 0 saturated heterocycles. The molecule has 0 N–H and O–H groups in total. The first-order chi connectivity index (χ1) is 8.02. The van der Waals surface area contributed by atoms with E-state index in [2.05, 4.69) is 18.6 Å². The van der Waals surface area contributed by atoms with E-state index in [-0.39, 0.29) is 5.97 Å². The summed E-state index contributed by atoms with van der Waals surface area (Å²) in [6, 6.07) is 5.34. The molecule has 0 amide bonds. The predicted molar refractivity (Wildman–Crippen MR) is 72.7 cm³/mol. The van der Waals surface area contributed by atoms with Crippen LogP contribution < -0.4 is 0 Å². The molecule has 1 aromatic rings. The van der Waals surface area contributed by atoms with Gasteiger partial charge in [0.15, 0.2) is 0 Å². The quantitative estimate of drug-likeness (QED) is 0.752. The van der Waals surface area contributed by atoms with Gasteiger partial charge in [0.25, 0.3) is 0 Å². The van der Waals surface area contributed by atoms with Gasteiger partial charge in [0, 0.05) is 5.02 Å². The number of benzene rings is 1. The van der Waals surface area contributed by atoms with Gasteiger partial charge in [-0.15, -0.1) is 0 Å². The maximum atomic E-state index is 11.3. The molecule has 0 fully saturated rings. The van der Waals surface area contributed by atoms with E-state index in [9.17, 15) is 4.79 Å². The Kier molecular flexibility index (Phi) is 7.64. The van der Waals surface area contributed by atoms with Gasteiger partial charge in [0.2, 0.25) is 0 Å². The average Bonchev–Trinajstić information content (AvgIpc) is 2.29. The fourth-order valence-electron chi connectivity index (χ4n) is 1.48. The van der Waals surface area contributed by atoms with Crippen LogP contribution in [0.3, 0.4) is 0 Å². The number of halogens is 1. The number of ether oxygens (including phenoxy) is 1. The smallest absolute Gasteiger partial charge is 0.337 e. The van der Waals surface area contributed by atoms with E-state index in [0.29, 0.717) is 16.5 Å². The molecule has 3 heteroatoms. The summed E-state index contributed by atoms with van der Waals surface area (Å²) < 4.78 is 4.65. The molecule has 0 bridgehead atoms. The topological polar surface area (TPSA) is 26.3 Å². The molecular weight excluding hydrogens is 236 g/mol. The Morgan fingerprint density at radius 3 is 2.35 bits per heavy atom. The number of esters is 1. The number of hydrogen-bond donors (Lipinski definition) is 0. The molecule has 0 radical (unpaired) electrons. The number of methoxy groups -OCH3 is 1. The molecule has 2 nitrogen and oxygen atoms in total. The number of hydrogen-bond acceptors (Lipinski definition) is 2. The lowest BCUT2D eigenvalue weighted by Crippen LogP contribution is -2.03. The minimum absolute atomic E-state index is 0.345. The maximum Gasteiger partial charge on any atom is 0.337 e. The van der Waals surface area contributed by atoms with Gasteiger partial charge in [-0.05, 0) is 36.1 Å². The first kappa shape index (κ1) is 16.0. The third kappa shape index (κ3) is 5.73. The summed E-state index contributed by atoms with van der Waals surface area (Å²) in [5.74, 6) is 0.191. The molecule has 0 saturated carbocycles. The number of carbonyl (C=O) groups excluding carboxylic acids is 1. The van der Waals surface area contributed by atoms with E-state index < -0.39 is 0 Å². The summed E-state index contributed by atoms with van der Waals surface area (Å²) in [4.78, 5) is 11.3. The number of carbonyl (C=O) groups is 1. The molecule has 1 rings (SSSR count). The summed E-state index contributed by atoms with van der Waals surface area (Å²) >= 11 is 5.93. The molecular formula is C14H21ClO2. The van der Waals surface area contributed by atoms with Crippen molar-refractivity contribution >= 4 is 17.6 Å². The van der Waals surface area contributed by atoms with Crippen molar-refractivity contribution in [2.24, 2.45) is 5.92 Å². The van der Waals surface area contributed by atoms with Crippen molar-refractivity contribution in [3.8, 4) is 0 Å². The Bertz CT molecular complexity index is 359. The van der Waals surface area contributed by atoms with Crippen molar-refractivity contribution in [2.75, 3.05) is 7.11 Å². The summed E-state index contributed by atoms with van der Waals surface area (Å²) in [5.41, 5.74) is 1.58. The van der Waals surface area contributed by atoms with Crippen LogP contribution in [-0.4, -0.2) is 13.1 Å². The second-order valence-corrected chi connectivity index (χ2v) is 4.37. The van der Waals surface area contributed by atoms with Gasteiger partial charge < -0.3 is 4.74 Å². The van der Waals surface area contributed by atoms with Crippen molar-refractivity contribution in [3.05, 3.63) is 34.3 Å². The van der Waals surface area contributed by atoms with Crippen molar-refractivity contribution in [1.82, 2.24) is 0 Å². The van der Waals surface area contributed by atoms with Crippen LogP contribution in [0, 0.1) is 5.92 Å². The highest BCUT2D eigenvalue weighted by molar-refractivity contribution is 6.31. The summed E-state index contributed by atoms with van der Waals surface area (Å²) in [6.45, 7) is 8.25. The molecule has 1 aromatic carbocycles. The van der Waals surface area contributed by atoms with Gasteiger partial charge >= 0.3 is 5.97 Å². The first-order valence-corrected chi connectivity index (χ1v) is 6.28. The summed E-state index contributed by atoms with van der Waals surface area (Å²) in [7, 11) is 1.37. The van der Waals surface area contributed by atoms with Crippen LogP contribution in [0.25, 0.3) is 0 Å². The minimum atomic E-state index is -0.345. The number of rotatable bonds is 3. The molecule has 96 valence electrons. The first-order valence-electron chi connectivity index (χ1n) is 5.90. The van der Waals surface area contributed by atoms with E-state index in [1.54, 1.807) is 6.07 Å². The van der Waals surface area contributed by atoms with Crippen LogP contribution >= 0.6 is 11.6 Å². The van der Waals surface area contributed by atoms with E-state index in [1.807, 2.05) is 26.0 Å². The van der Waals surface area contributed by atoms with E-state index in [0.717, 1.165) is 12.0 Å². The van der Waals surface area contributed by atoms with Crippen molar-refractivity contribution in [1.29, 1.82) is 0 Å². The molecule has 0 spiro atoms. The minimum Gasteiger partial charge on any atom is -0.465 e. The lowest BCUT2D eigenvalue weighted by atomic mass is 10.0. The standard InChI is InChI=1S/C12H15ClO2.C2H6/c1-8(2)4-9-5-10(12(14)15-3)7-11(13)6-9;1-2/h5-8H,4H2,1-3H3;1-2H3. The van der Waals surface area contributed by atoms with Crippen molar-refractivity contribution in [2.45, 2.75) is 34.1 Å². The fourth-order valence-corrected chi connectivity index (χ4v) is 1.73. The molecule has 0 atom stereocenters. The van der Waals surface area contributed by atoms with Crippen molar-refractivity contribution < 1.29 is 9.53 Å². The Morgan fingerprint density at radius 2 is 1.88 bits per heavy atom. The molecule has 0 aliphatic rings. The van der Waals surface area contributed by atoms with Crippen molar-refractivity contribution in [3.63, 3.8) is 0 Å². The largest absolute Gasteiger partial charge is 0.465 e. The van der Waals surface area contributed by atoms with Crippen LogP contribution in [0.4, 0.5) is 0 Å². The monoisotopic (exact) mass is 256 g/mol. The highest BCUT2D eigenvalue weighted by Gasteiger charge is 2.08. The second-order valence-electron chi connectivity index (χ2n) is 3.94. The predicted octanol–water partition coefficient (Wildman–Crippen LogP) is 4.35. The lowest BCUT2D eigenvalue weighted by Gasteiger charge is -2.07. The van der Waals surface area contributed by atoms with Gasteiger partial charge in [0.05, 0.1) is 12.7 Å². The fraction of sp³-hybridized carbons (Fsp3) is 0.500. The normalized spacial score (nSPS) is 9.59. The Balaban J connectivity index is 0.00000121. The van der Waals surface area contributed by atoms with Gasteiger partial charge in [-0.1, -0.05) is 39.3 Å². The Morgan fingerprint density at radius 1 is 1.29 bits per heavy atom. The van der Waals surface area contributed by atoms with Gasteiger partial charge in [-0.25, -0.2) is 4.79 Å².